The summed E-state index contributed by atoms with van der Waals surface area (Å²) in [5.41, 5.74) is 0. The minimum absolute atomic E-state index is 0.0185. The van der Waals surface area contributed by atoms with Crippen molar-refractivity contribution in [2.24, 2.45) is 0 Å². The van der Waals surface area contributed by atoms with Gasteiger partial charge in [-0.2, -0.15) is 0 Å². The number of aliphatic hydroxyl groups is 3. The average molecular weight is 336 g/mol. The van der Waals surface area contributed by atoms with Gasteiger partial charge in [0.2, 0.25) is 0 Å². The third kappa shape index (κ3) is 4.50. The predicted molar refractivity (Wildman–Crippen MR) is 81.6 cm³/mol. The normalized spacial score (nSPS) is 33.6. The van der Waals surface area contributed by atoms with E-state index < -0.39 is 45.0 Å². The van der Waals surface area contributed by atoms with Crippen molar-refractivity contribution < 1.29 is 34.0 Å². The Balaban J connectivity index is 2.82. The van der Waals surface area contributed by atoms with Crippen molar-refractivity contribution in [2.75, 3.05) is 6.61 Å². The van der Waals surface area contributed by atoms with Gasteiger partial charge < -0.3 is 29.2 Å². The van der Waals surface area contributed by atoms with Gasteiger partial charge in [-0.15, -0.1) is 0 Å². The molecule has 0 aromatic carbocycles. The highest BCUT2D eigenvalue weighted by atomic mass is 28.4. The van der Waals surface area contributed by atoms with Gasteiger partial charge in [0.05, 0.1) is 6.61 Å². The highest BCUT2D eigenvalue weighted by molar-refractivity contribution is 6.74. The Labute approximate surface area is 132 Å². The number of rotatable bonds is 4. The molecule has 7 nitrogen and oxygen atoms in total. The molecular weight excluding hydrogens is 308 g/mol. The monoisotopic (exact) mass is 336 g/mol. The van der Waals surface area contributed by atoms with Crippen LogP contribution in [0, 0.1) is 0 Å². The first-order valence-corrected chi connectivity index (χ1v) is 10.3. The third-order valence-corrected chi connectivity index (χ3v) is 8.88. The van der Waals surface area contributed by atoms with Gasteiger partial charge in [-0.3, -0.25) is 4.79 Å². The van der Waals surface area contributed by atoms with E-state index in [2.05, 4.69) is 33.9 Å². The molecule has 1 aliphatic rings. The maximum Gasteiger partial charge on any atom is 0.303 e. The summed E-state index contributed by atoms with van der Waals surface area (Å²) in [5, 5.41) is 29.3. The number of hydrogen-bond acceptors (Lipinski definition) is 7. The van der Waals surface area contributed by atoms with E-state index >= 15 is 0 Å². The number of carbonyl (C=O) groups is 1. The van der Waals surface area contributed by atoms with Crippen LogP contribution in [0.3, 0.4) is 0 Å². The summed E-state index contributed by atoms with van der Waals surface area (Å²) in [4.78, 5) is 11.2. The maximum absolute atomic E-state index is 11.2. The number of hydrogen-bond donors (Lipinski definition) is 3. The molecule has 1 fully saturated rings. The van der Waals surface area contributed by atoms with Gasteiger partial charge in [-0.1, -0.05) is 20.8 Å². The van der Waals surface area contributed by atoms with Gasteiger partial charge in [0.25, 0.3) is 0 Å². The van der Waals surface area contributed by atoms with E-state index in [-0.39, 0.29) is 11.6 Å². The van der Waals surface area contributed by atoms with E-state index in [4.69, 9.17) is 13.9 Å². The van der Waals surface area contributed by atoms with Gasteiger partial charge in [-0.25, -0.2) is 0 Å². The van der Waals surface area contributed by atoms with E-state index in [1.165, 1.54) is 6.92 Å². The molecule has 1 saturated heterocycles. The largest absolute Gasteiger partial charge is 0.457 e. The molecule has 5 atom stereocenters. The van der Waals surface area contributed by atoms with Gasteiger partial charge >= 0.3 is 5.97 Å². The standard InChI is InChI=1S/C14H28O7Si/c1-8(15)20-12-9(21-13(18)11(17)10(12)16)7-19-22(5,6)14(2,3)4/h9-13,16-18H,7H2,1-6H3/t9-,10-,11-,12+,13+/m1/s1. The Morgan fingerprint density at radius 3 is 2.18 bits per heavy atom. The van der Waals surface area contributed by atoms with Crippen LogP contribution in [0.2, 0.25) is 18.1 Å². The quantitative estimate of drug-likeness (QED) is 0.503. The van der Waals surface area contributed by atoms with Crippen LogP contribution >= 0.6 is 0 Å². The van der Waals surface area contributed by atoms with Crippen LogP contribution in [0.1, 0.15) is 27.7 Å². The zero-order valence-corrected chi connectivity index (χ0v) is 15.1. The summed E-state index contributed by atoms with van der Waals surface area (Å²) in [6.07, 6.45) is -6.43. The van der Waals surface area contributed by atoms with Crippen LogP contribution in [-0.4, -0.2) is 66.9 Å². The summed E-state index contributed by atoms with van der Waals surface area (Å²) in [6, 6.07) is 0. The van der Waals surface area contributed by atoms with E-state index in [1.807, 2.05) is 0 Å². The molecule has 0 aromatic rings. The van der Waals surface area contributed by atoms with Crippen molar-refractivity contribution in [1.82, 2.24) is 0 Å². The summed E-state index contributed by atoms with van der Waals surface area (Å²) in [5.74, 6) is -0.603. The number of carbonyl (C=O) groups excluding carboxylic acids is 1. The van der Waals surface area contributed by atoms with Crippen LogP contribution in [0.5, 0.6) is 0 Å². The van der Waals surface area contributed by atoms with Crippen molar-refractivity contribution >= 4 is 14.3 Å². The van der Waals surface area contributed by atoms with Crippen LogP contribution < -0.4 is 0 Å². The second-order valence-electron chi connectivity index (χ2n) is 7.19. The highest BCUT2D eigenvalue weighted by Gasteiger charge is 2.47. The number of aliphatic hydroxyl groups excluding tert-OH is 3. The molecular formula is C14H28O7Si. The number of ether oxygens (including phenoxy) is 2. The molecule has 1 heterocycles. The summed E-state index contributed by atoms with van der Waals surface area (Å²) >= 11 is 0. The molecule has 0 aromatic heterocycles. The second kappa shape index (κ2) is 6.94. The fourth-order valence-electron chi connectivity index (χ4n) is 1.90. The Morgan fingerprint density at radius 2 is 1.73 bits per heavy atom. The molecule has 0 unspecified atom stereocenters. The van der Waals surface area contributed by atoms with Gasteiger partial charge in [0.15, 0.2) is 20.7 Å². The molecule has 0 radical (unpaired) electrons. The van der Waals surface area contributed by atoms with Crippen molar-refractivity contribution in [3.63, 3.8) is 0 Å². The molecule has 8 heteroatoms. The van der Waals surface area contributed by atoms with Crippen molar-refractivity contribution in [2.45, 2.75) is 76.5 Å². The molecule has 0 saturated carbocycles. The lowest BCUT2D eigenvalue weighted by Gasteiger charge is -2.42. The zero-order valence-electron chi connectivity index (χ0n) is 14.1. The van der Waals surface area contributed by atoms with E-state index in [0.29, 0.717) is 0 Å². The summed E-state index contributed by atoms with van der Waals surface area (Å²) in [6.45, 7) is 11.6. The zero-order chi connectivity index (χ0) is 17.3. The minimum Gasteiger partial charge on any atom is -0.457 e. The lowest BCUT2D eigenvalue weighted by molar-refractivity contribution is -0.288. The SMILES string of the molecule is CC(=O)O[C@@H]1[C@H](O)[C@@H](O)[C@@H](O)O[C@@H]1CO[Si](C)(C)C(C)(C)C. The maximum atomic E-state index is 11.2. The highest BCUT2D eigenvalue weighted by Crippen LogP contribution is 2.37. The molecule has 22 heavy (non-hydrogen) atoms. The molecule has 0 spiro atoms. The molecule has 3 N–H and O–H groups in total. The van der Waals surface area contributed by atoms with Crippen LogP contribution in [0.4, 0.5) is 0 Å². The van der Waals surface area contributed by atoms with Crippen molar-refractivity contribution in [1.29, 1.82) is 0 Å². The van der Waals surface area contributed by atoms with E-state index in [0.717, 1.165) is 0 Å². The van der Waals surface area contributed by atoms with Crippen LogP contribution in [0.25, 0.3) is 0 Å². The lowest BCUT2D eigenvalue weighted by atomic mass is 9.99. The third-order valence-electron chi connectivity index (χ3n) is 4.38. The van der Waals surface area contributed by atoms with Gasteiger partial charge in [-0.05, 0) is 18.1 Å². The van der Waals surface area contributed by atoms with E-state index in [1.54, 1.807) is 0 Å². The molecule has 0 aliphatic carbocycles. The first-order chi connectivity index (χ1) is 9.86. The smallest absolute Gasteiger partial charge is 0.303 e. The molecule has 0 amide bonds. The van der Waals surface area contributed by atoms with Crippen molar-refractivity contribution in [3.8, 4) is 0 Å². The first-order valence-electron chi connectivity index (χ1n) is 7.37. The average Bonchev–Trinajstić information content (AvgIpc) is 2.36. The lowest BCUT2D eigenvalue weighted by Crippen LogP contribution is -2.60. The Morgan fingerprint density at radius 1 is 1.18 bits per heavy atom. The fraction of sp³-hybridized carbons (Fsp3) is 0.929. The Hall–Kier alpha value is -0.513. The van der Waals surface area contributed by atoms with Crippen LogP contribution in [0.15, 0.2) is 0 Å². The second-order valence-corrected chi connectivity index (χ2v) is 12.0. The predicted octanol–water partition coefficient (Wildman–Crippen LogP) is 0.379. The Bertz CT molecular complexity index is 393. The summed E-state index contributed by atoms with van der Waals surface area (Å²) in [7, 11) is -2.07. The summed E-state index contributed by atoms with van der Waals surface area (Å²) < 4.78 is 16.3. The fourth-order valence-corrected chi connectivity index (χ4v) is 2.91. The van der Waals surface area contributed by atoms with Gasteiger partial charge in [0, 0.05) is 6.92 Å². The number of esters is 1. The molecule has 0 bridgehead atoms. The minimum atomic E-state index is -2.07. The van der Waals surface area contributed by atoms with Crippen LogP contribution in [-0.2, 0) is 18.7 Å². The topological polar surface area (TPSA) is 105 Å². The Kier molecular flexibility index (Phi) is 6.16. The van der Waals surface area contributed by atoms with Gasteiger partial charge in [0.1, 0.15) is 18.3 Å². The molecule has 1 aliphatic heterocycles. The van der Waals surface area contributed by atoms with E-state index in [9.17, 15) is 20.1 Å². The molecule has 130 valence electrons. The van der Waals surface area contributed by atoms with Crippen molar-refractivity contribution in [3.05, 3.63) is 0 Å². The molecule has 1 rings (SSSR count). The first kappa shape index (κ1) is 19.5.